The number of nitrogens with zero attached hydrogens (tertiary/aromatic N) is 2. The summed E-state index contributed by atoms with van der Waals surface area (Å²) in [6.45, 7) is 0.503. The van der Waals surface area contributed by atoms with Crippen LogP contribution in [0.1, 0.15) is 29.2 Å². The molecule has 18 heavy (non-hydrogen) atoms. The summed E-state index contributed by atoms with van der Waals surface area (Å²) in [4.78, 5) is 15.2. The molecule has 0 amide bonds. The molecule has 0 atom stereocenters. The number of carboxylic acid groups (broad SMARTS) is 1. The van der Waals surface area contributed by atoms with E-state index < -0.39 is 5.97 Å². The van der Waals surface area contributed by atoms with Crippen LogP contribution in [0.3, 0.4) is 0 Å². The third kappa shape index (κ3) is 1.91. The molecule has 0 radical (unpaired) electrons. The van der Waals surface area contributed by atoms with Crippen molar-refractivity contribution in [1.29, 1.82) is 0 Å². The molecule has 2 heterocycles. The summed E-state index contributed by atoms with van der Waals surface area (Å²) in [6, 6.07) is 3.54. The molecule has 1 aliphatic rings. The van der Waals surface area contributed by atoms with Crippen molar-refractivity contribution in [1.82, 2.24) is 14.7 Å². The van der Waals surface area contributed by atoms with Crippen LogP contribution in [0.2, 0.25) is 0 Å². The highest BCUT2D eigenvalue weighted by molar-refractivity contribution is 5.93. The van der Waals surface area contributed by atoms with Gasteiger partial charge in [0.1, 0.15) is 11.6 Å². The molecule has 0 spiro atoms. The summed E-state index contributed by atoms with van der Waals surface area (Å²) in [6.07, 6.45) is 3.79. The summed E-state index contributed by atoms with van der Waals surface area (Å²) in [7, 11) is 0. The Kier molecular flexibility index (Phi) is 2.45. The second-order valence-corrected chi connectivity index (χ2v) is 4.48. The van der Waals surface area contributed by atoms with E-state index >= 15 is 0 Å². The van der Waals surface area contributed by atoms with E-state index in [2.05, 4.69) is 10.3 Å². The average Bonchev–Trinajstić information content (AvgIpc) is 3.08. The second-order valence-electron chi connectivity index (χ2n) is 4.48. The standard InChI is InChI=1S/C12H13N3O3/c16-8-3-4-9-11(12(17)18)14-10(15(9)6-8)5-13-7-1-2-7/h3-4,6-7,13,16H,1-2,5H2,(H,17,18). The number of nitrogens with one attached hydrogen (secondary N) is 1. The van der Waals surface area contributed by atoms with Crippen LogP contribution in [0.5, 0.6) is 5.75 Å². The van der Waals surface area contributed by atoms with Crippen LogP contribution in [0.15, 0.2) is 18.3 Å². The minimum Gasteiger partial charge on any atom is -0.506 e. The zero-order chi connectivity index (χ0) is 12.7. The second kappa shape index (κ2) is 3.99. The number of pyridine rings is 1. The third-order valence-electron chi connectivity index (χ3n) is 3.02. The van der Waals surface area contributed by atoms with Crippen molar-refractivity contribution in [2.75, 3.05) is 0 Å². The number of fused-ring (bicyclic) bond motifs is 1. The van der Waals surface area contributed by atoms with Gasteiger partial charge in [-0.3, -0.25) is 4.40 Å². The first-order valence-electron chi connectivity index (χ1n) is 5.82. The molecule has 1 aliphatic carbocycles. The Hall–Kier alpha value is -2.08. The molecule has 0 saturated heterocycles. The first-order valence-corrected chi connectivity index (χ1v) is 5.82. The average molecular weight is 247 g/mol. The SMILES string of the molecule is O=C(O)c1nc(CNC2CC2)n2cc(O)ccc12. The fraction of sp³-hybridized carbons (Fsp3) is 0.333. The number of aromatic nitrogens is 2. The van der Waals surface area contributed by atoms with Crippen LogP contribution in [0.4, 0.5) is 0 Å². The van der Waals surface area contributed by atoms with Gasteiger partial charge in [0.25, 0.3) is 0 Å². The van der Waals surface area contributed by atoms with E-state index in [0.29, 0.717) is 23.9 Å². The topological polar surface area (TPSA) is 86.9 Å². The highest BCUT2D eigenvalue weighted by Crippen LogP contribution is 2.21. The van der Waals surface area contributed by atoms with E-state index in [0.717, 1.165) is 12.8 Å². The molecule has 0 bridgehead atoms. The van der Waals surface area contributed by atoms with Gasteiger partial charge in [0.05, 0.1) is 18.3 Å². The number of rotatable bonds is 4. The number of imidazole rings is 1. The van der Waals surface area contributed by atoms with Gasteiger partial charge < -0.3 is 15.5 Å². The first kappa shape index (κ1) is 11.0. The molecule has 94 valence electrons. The number of hydrogen-bond donors (Lipinski definition) is 3. The molecular weight excluding hydrogens is 234 g/mol. The quantitative estimate of drug-likeness (QED) is 0.750. The molecule has 1 fully saturated rings. The molecular formula is C12H13N3O3. The predicted molar refractivity (Wildman–Crippen MR) is 63.7 cm³/mol. The molecule has 2 aromatic heterocycles. The van der Waals surface area contributed by atoms with E-state index in [-0.39, 0.29) is 11.4 Å². The predicted octanol–water partition coefficient (Wildman–Crippen LogP) is 0.990. The van der Waals surface area contributed by atoms with E-state index in [9.17, 15) is 9.90 Å². The Morgan fingerprint density at radius 3 is 2.94 bits per heavy atom. The molecule has 1 saturated carbocycles. The van der Waals surface area contributed by atoms with Gasteiger partial charge in [-0.05, 0) is 25.0 Å². The molecule has 6 nitrogen and oxygen atoms in total. The van der Waals surface area contributed by atoms with E-state index in [4.69, 9.17) is 5.11 Å². The van der Waals surface area contributed by atoms with Crippen LogP contribution in [0, 0.1) is 0 Å². The van der Waals surface area contributed by atoms with Crippen molar-refractivity contribution in [3.05, 3.63) is 29.8 Å². The van der Waals surface area contributed by atoms with Crippen LogP contribution in [0.25, 0.3) is 5.52 Å². The smallest absolute Gasteiger partial charge is 0.356 e. The summed E-state index contributed by atoms with van der Waals surface area (Å²) >= 11 is 0. The van der Waals surface area contributed by atoms with Crippen molar-refractivity contribution < 1.29 is 15.0 Å². The number of aromatic carboxylic acids is 1. The van der Waals surface area contributed by atoms with Crippen molar-refractivity contribution >= 4 is 11.5 Å². The maximum absolute atomic E-state index is 11.1. The van der Waals surface area contributed by atoms with E-state index in [1.54, 1.807) is 10.5 Å². The lowest BCUT2D eigenvalue weighted by Crippen LogP contribution is -2.17. The van der Waals surface area contributed by atoms with E-state index in [1.165, 1.54) is 12.3 Å². The zero-order valence-corrected chi connectivity index (χ0v) is 9.63. The van der Waals surface area contributed by atoms with Crippen LogP contribution < -0.4 is 5.32 Å². The van der Waals surface area contributed by atoms with Gasteiger partial charge in [0, 0.05) is 6.04 Å². The molecule has 6 heteroatoms. The lowest BCUT2D eigenvalue weighted by Gasteiger charge is -2.02. The van der Waals surface area contributed by atoms with Crippen molar-refractivity contribution in [2.24, 2.45) is 0 Å². The van der Waals surface area contributed by atoms with Crippen LogP contribution >= 0.6 is 0 Å². The summed E-state index contributed by atoms with van der Waals surface area (Å²) in [5.74, 6) is -0.370. The Bertz CT molecular complexity index is 616. The number of aromatic hydroxyl groups is 1. The third-order valence-corrected chi connectivity index (χ3v) is 3.02. The monoisotopic (exact) mass is 247 g/mol. The van der Waals surface area contributed by atoms with Crippen LogP contribution in [-0.4, -0.2) is 31.6 Å². The largest absolute Gasteiger partial charge is 0.506 e. The number of carbonyl (C=O) groups is 1. The van der Waals surface area contributed by atoms with Gasteiger partial charge in [-0.2, -0.15) is 0 Å². The Morgan fingerprint density at radius 1 is 1.50 bits per heavy atom. The Labute approximate surface area is 103 Å². The summed E-state index contributed by atoms with van der Waals surface area (Å²) in [5.41, 5.74) is 0.510. The minimum atomic E-state index is -1.06. The highest BCUT2D eigenvalue weighted by Gasteiger charge is 2.22. The van der Waals surface area contributed by atoms with Gasteiger partial charge in [-0.1, -0.05) is 0 Å². The molecule has 2 aromatic rings. The minimum absolute atomic E-state index is 0.0163. The highest BCUT2D eigenvalue weighted by atomic mass is 16.4. The van der Waals surface area contributed by atoms with Gasteiger partial charge in [0.15, 0.2) is 5.69 Å². The normalized spacial score (nSPS) is 15.1. The van der Waals surface area contributed by atoms with Gasteiger partial charge in [0.2, 0.25) is 0 Å². The van der Waals surface area contributed by atoms with E-state index in [1.807, 2.05) is 0 Å². The fourth-order valence-electron chi connectivity index (χ4n) is 1.94. The molecule has 3 rings (SSSR count). The lowest BCUT2D eigenvalue weighted by atomic mass is 10.3. The zero-order valence-electron chi connectivity index (χ0n) is 9.63. The molecule has 3 N–H and O–H groups in total. The van der Waals surface area contributed by atoms with Crippen molar-refractivity contribution in [3.63, 3.8) is 0 Å². The fourth-order valence-corrected chi connectivity index (χ4v) is 1.94. The first-order chi connectivity index (χ1) is 8.65. The molecule has 0 aromatic carbocycles. The van der Waals surface area contributed by atoms with Crippen LogP contribution in [-0.2, 0) is 6.54 Å². The van der Waals surface area contributed by atoms with Gasteiger partial charge >= 0.3 is 5.97 Å². The number of carboxylic acids is 1. The van der Waals surface area contributed by atoms with Gasteiger partial charge in [-0.15, -0.1) is 0 Å². The lowest BCUT2D eigenvalue weighted by molar-refractivity contribution is 0.0693. The summed E-state index contributed by atoms with van der Waals surface area (Å²) in [5, 5.41) is 21.9. The maximum Gasteiger partial charge on any atom is 0.356 e. The van der Waals surface area contributed by atoms with Crippen molar-refractivity contribution in [3.8, 4) is 5.75 Å². The maximum atomic E-state index is 11.1. The van der Waals surface area contributed by atoms with Crippen molar-refractivity contribution in [2.45, 2.75) is 25.4 Å². The summed E-state index contributed by atoms with van der Waals surface area (Å²) < 4.78 is 1.62. The Morgan fingerprint density at radius 2 is 2.28 bits per heavy atom. The molecule has 0 unspecified atom stereocenters. The van der Waals surface area contributed by atoms with Gasteiger partial charge in [-0.25, -0.2) is 9.78 Å². The molecule has 0 aliphatic heterocycles. The number of hydrogen-bond acceptors (Lipinski definition) is 4. The Balaban J connectivity index is 2.04.